The average Bonchev–Trinajstić information content (AvgIpc) is 3.01. The average molecular weight is 358 g/mol. The van der Waals surface area contributed by atoms with Crippen molar-refractivity contribution in [3.8, 4) is 0 Å². The topological polar surface area (TPSA) is 58.1 Å². The Hall–Kier alpha value is -3.21. The van der Waals surface area contributed by atoms with Crippen LogP contribution in [0.25, 0.3) is 0 Å². The lowest BCUT2D eigenvalue weighted by molar-refractivity contribution is 0.102. The molecule has 1 unspecified atom stereocenters. The van der Waals surface area contributed by atoms with E-state index in [1.54, 1.807) is 6.07 Å². The highest BCUT2D eigenvalue weighted by Gasteiger charge is 2.28. The van der Waals surface area contributed by atoms with Gasteiger partial charge in [-0.05, 0) is 56.0 Å². The number of carbonyl (C=O) groups excluding carboxylic acids is 1. The number of fused-ring (bicyclic) bond motifs is 1. The van der Waals surface area contributed by atoms with Gasteiger partial charge in [-0.2, -0.15) is 0 Å². The quantitative estimate of drug-likeness (QED) is 0.752. The summed E-state index contributed by atoms with van der Waals surface area (Å²) in [5, 5.41) is 2.97. The van der Waals surface area contributed by atoms with Crippen molar-refractivity contribution in [1.82, 2.24) is 9.97 Å². The number of nitrogens with zero attached hydrogens (tertiary/aromatic N) is 3. The van der Waals surface area contributed by atoms with Gasteiger partial charge in [-0.25, -0.2) is 9.97 Å². The largest absolute Gasteiger partial charge is 0.323 e. The summed E-state index contributed by atoms with van der Waals surface area (Å²) in [5.74, 6) is 0.515. The molecule has 0 bridgehead atoms. The molecule has 3 aromatic rings. The molecule has 0 saturated heterocycles. The number of aromatic nitrogens is 2. The lowest BCUT2D eigenvalue weighted by Crippen LogP contribution is -2.25. The Morgan fingerprint density at radius 3 is 2.78 bits per heavy atom. The first-order valence-corrected chi connectivity index (χ1v) is 9.11. The van der Waals surface area contributed by atoms with Crippen LogP contribution in [0.4, 0.5) is 17.2 Å². The number of rotatable bonds is 3. The second-order valence-corrected chi connectivity index (χ2v) is 7.01. The number of hydrogen-bond acceptors (Lipinski definition) is 4. The third kappa shape index (κ3) is 3.16. The van der Waals surface area contributed by atoms with Crippen molar-refractivity contribution in [2.24, 2.45) is 0 Å². The lowest BCUT2D eigenvalue weighted by Gasteiger charge is -2.23. The minimum Gasteiger partial charge on any atom is -0.323 e. The van der Waals surface area contributed by atoms with Crippen LogP contribution in [0, 0.1) is 13.8 Å². The Balaban J connectivity index is 1.63. The number of para-hydroxylation sites is 1. The van der Waals surface area contributed by atoms with Crippen molar-refractivity contribution in [2.45, 2.75) is 33.2 Å². The SMILES string of the molecule is Cc1cccc(NC(=O)c2cc(N3c4ccccc4CC3C)ncn2)c1C. The summed E-state index contributed by atoms with van der Waals surface area (Å²) in [5.41, 5.74) is 5.80. The lowest BCUT2D eigenvalue weighted by atomic mass is 10.1. The molecule has 1 amide bonds. The second kappa shape index (κ2) is 6.83. The van der Waals surface area contributed by atoms with E-state index in [-0.39, 0.29) is 11.9 Å². The van der Waals surface area contributed by atoms with Crippen LogP contribution < -0.4 is 10.2 Å². The van der Waals surface area contributed by atoms with E-state index in [9.17, 15) is 4.79 Å². The number of anilines is 3. The van der Waals surface area contributed by atoms with Gasteiger partial charge in [-0.15, -0.1) is 0 Å². The number of benzene rings is 2. The number of nitrogens with one attached hydrogen (secondary N) is 1. The standard InChI is InChI=1S/C22H22N4O/c1-14-7-6-9-18(16(14)3)25-22(27)19-12-21(24-13-23-19)26-15(2)11-17-8-4-5-10-20(17)26/h4-10,12-13,15H,11H2,1-3H3,(H,25,27). The van der Waals surface area contributed by atoms with Gasteiger partial charge in [0, 0.05) is 23.5 Å². The van der Waals surface area contributed by atoms with E-state index >= 15 is 0 Å². The van der Waals surface area contributed by atoms with Crippen LogP contribution >= 0.6 is 0 Å². The van der Waals surface area contributed by atoms with E-state index in [1.807, 2.05) is 38.1 Å². The minimum absolute atomic E-state index is 0.229. The molecule has 0 aliphatic carbocycles. The fraction of sp³-hybridized carbons (Fsp3) is 0.227. The molecule has 2 aromatic carbocycles. The molecule has 27 heavy (non-hydrogen) atoms. The van der Waals surface area contributed by atoms with E-state index in [1.165, 1.54) is 11.9 Å². The highest BCUT2D eigenvalue weighted by Crippen LogP contribution is 2.37. The summed E-state index contributed by atoms with van der Waals surface area (Å²) in [6.45, 7) is 6.19. The van der Waals surface area contributed by atoms with Crippen molar-refractivity contribution >= 4 is 23.1 Å². The molecule has 1 atom stereocenters. The van der Waals surface area contributed by atoms with Crippen molar-refractivity contribution in [3.05, 3.63) is 77.2 Å². The molecule has 0 spiro atoms. The molecule has 1 aromatic heterocycles. The van der Waals surface area contributed by atoms with Crippen LogP contribution in [0.3, 0.4) is 0 Å². The Kier molecular flexibility index (Phi) is 4.36. The predicted octanol–water partition coefficient (Wildman–Crippen LogP) is 4.43. The van der Waals surface area contributed by atoms with Crippen LogP contribution in [0.5, 0.6) is 0 Å². The molecule has 0 fully saturated rings. The molecule has 2 heterocycles. The number of hydrogen-bond donors (Lipinski definition) is 1. The van der Waals surface area contributed by atoms with Crippen molar-refractivity contribution in [2.75, 3.05) is 10.2 Å². The highest BCUT2D eigenvalue weighted by atomic mass is 16.1. The van der Waals surface area contributed by atoms with Crippen molar-refractivity contribution < 1.29 is 4.79 Å². The van der Waals surface area contributed by atoms with Gasteiger partial charge in [0.2, 0.25) is 0 Å². The molecule has 0 radical (unpaired) electrons. The Bertz CT molecular complexity index is 1010. The Morgan fingerprint density at radius 2 is 1.93 bits per heavy atom. The van der Waals surface area contributed by atoms with E-state index in [2.05, 4.69) is 45.3 Å². The normalized spacial score (nSPS) is 15.5. The number of aryl methyl sites for hydroxylation is 1. The summed E-state index contributed by atoms with van der Waals surface area (Å²) < 4.78 is 0. The maximum Gasteiger partial charge on any atom is 0.274 e. The second-order valence-electron chi connectivity index (χ2n) is 7.01. The van der Waals surface area contributed by atoms with Crippen LogP contribution in [0.2, 0.25) is 0 Å². The zero-order valence-electron chi connectivity index (χ0n) is 15.7. The smallest absolute Gasteiger partial charge is 0.274 e. The molecule has 5 heteroatoms. The van der Waals surface area contributed by atoms with Gasteiger partial charge >= 0.3 is 0 Å². The molecule has 4 rings (SSSR count). The molecule has 1 aliphatic rings. The fourth-order valence-electron chi connectivity index (χ4n) is 3.59. The zero-order valence-corrected chi connectivity index (χ0v) is 15.7. The summed E-state index contributed by atoms with van der Waals surface area (Å²) >= 11 is 0. The van der Waals surface area contributed by atoms with Gasteiger partial charge in [0.1, 0.15) is 17.8 Å². The van der Waals surface area contributed by atoms with Gasteiger partial charge in [0.15, 0.2) is 0 Å². The maximum atomic E-state index is 12.8. The van der Waals surface area contributed by atoms with E-state index in [0.29, 0.717) is 5.69 Å². The van der Waals surface area contributed by atoms with E-state index in [0.717, 1.165) is 34.7 Å². The van der Waals surface area contributed by atoms with Gasteiger partial charge in [-0.1, -0.05) is 30.3 Å². The Morgan fingerprint density at radius 1 is 1.11 bits per heavy atom. The molecular formula is C22H22N4O. The molecule has 1 N–H and O–H groups in total. The molecule has 1 aliphatic heterocycles. The first-order valence-electron chi connectivity index (χ1n) is 9.11. The summed E-state index contributed by atoms with van der Waals surface area (Å²) in [4.78, 5) is 23.5. The molecule has 136 valence electrons. The van der Waals surface area contributed by atoms with E-state index < -0.39 is 0 Å². The summed E-state index contributed by atoms with van der Waals surface area (Å²) in [6, 6.07) is 16.2. The molecule has 5 nitrogen and oxygen atoms in total. The van der Waals surface area contributed by atoms with E-state index in [4.69, 9.17) is 0 Å². The van der Waals surface area contributed by atoms with Crippen LogP contribution in [0.1, 0.15) is 34.1 Å². The van der Waals surface area contributed by atoms with Crippen LogP contribution in [0.15, 0.2) is 54.9 Å². The van der Waals surface area contributed by atoms with Gasteiger partial charge in [-0.3, -0.25) is 4.79 Å². The van der Waals surface area contributed by atoms with Crippen LogP contribution in [-0.4, -0.2) is 21.9 Å². The first kappa shape index (κ1) is 17.2. The van der Waals surface area contributed by atoms with Crippen molar-refractivity contribution in [3.63, 3.8) is 0 Å². The summed E-state index contributed by atoms with van der Waals surface area (Å²) in [6.07, 6.45) is 2.42. The van der Waals surface area contributed by atoms with Gasteiger partial charge < -0.3 is 10.2 Å². The third-order valence-corrected chi connectivity index (χ3v) is 5.19. The number of carbonyl (C=O) groups is 1. The van der Waals surface area contributed by atoms with Crippen LogP contribution in [-0.2, 0) is 6.42 Å². The minimum atomic E-state index is -0.229. The monoisotopic (exact) mass is 358 g/mol. The third-order valence-electron chi connectivity index (χ3n) is 5.19. The Labute approximate surface area is 159 Å². The fourth-order valence-corrected chi connectivity index (χ4v) is 3.59. The van der Waals surface area contributed by atoms with Gasteiger partial charge in [0.25, 0.3) is 5.91 Å². The first-order chi connectivity index (χ1) is 13.0. The highest BCUT2D eigenvalue weighted by molar-refractivity contribution is 6.03. The number of amides is 1. The van der Waals surface area contributed by atoms with Gasteiger partial charge in [0.05, 0.1) is 0 Å². The van der Waals surface area contributed by atoms with Crippen molar-refractivity contribution in [1.29, 1.82) is 0 Å². The summed E-state index contributed by atoms with van der Waals surface area (Å²) in [7, 11) is 0. The molecular weight excluding hydrogens is 336 g/mol. The molecule has 0 saturated carbocycles. The zero-order chi connectivity index (χ0) is 19.0. The predicted molar refractivity (Wildman–Crippen MR) is 108 cm³/mol. The maximum absolute atomic E-state index is 12.8.